The highest BCUT2D eigenvalue weighted by molar-refractivity contribution is 5.28. The standard InChI is InChI=1S/C13H21N3/c1-2-4-12-11(3-1)13(16-15-12)9-10-5-7-14-8-6-10/h10,14H,1-9H2,(H,15,16). The molecule has 3 heteroatoms. The third-order valence-corrected chi connectivity index (χ3v) is 4.08. The fourth-order valence-corrected chi connectivity index (χ4v) is 3.08. The predicted molar refractivity (Wildman–Crippen MR) is 64.5 cm³/mol. The first-order valence-electron chi connectivity index (χ1n) is 6.69. The van der Waals surface area contributed by atoms with Gasteiger partial charge in [-0.25, -0.2) is 0 Å². The maximum atomic E-state index is 4.55. The van der Waals surface area contributed by atoms with Crippen LogP contribution in [0.5, 0.6) is 0 Å². The third-order valence-electron chi connectivity index (χ3n) is 4.08. The van der Waals surface area contributed by atoms with Crippen molar-refractivity contribution >= 4 is 0 Å². The molecule has 0 spiro atoms. The summed E-state index contributed by atoms with van der Waals surface area (Å²) in [5.74, 6) is 0.857. The van der Waals surface area contributed by atoms with E-state index < -0.39 is 0 Å². The molecule has 2 N–H and O–H groups in total. The zero-order valence-electron chi connectivity index (χ0n) is 9.89. The molecule has 1 aliphatic carbocycles. The maximum absolute atomic E-state index is 4.55. The van der Waals surface area contributed by atoms with Crippen molar-refractivity contribution in [3.8, 4) is 0 Å². The Morgan fingerprint density at radius 3 is 2.81 bits per heavy atom. The van der Waals surface area contributed by atoms with Crippen molar-refractivity contribution in [1.29, 1.82) is 0 Å². The van der Waals surface area contributed by atoms with Gasteiger partial charge in [-0.2, -0.15) is 5.10 Å². The Hall–Kier alpha value is -0.830. The lowest BCUT2D eigenvalue weighted by Gasteiger charge is -2.22. The smallest absolute Gasteiger partial charge is 0.0659 e. The number of hydrogen-bond donors (Lipinski definition) is 2. The molecular formula is C13H21N3. The molecular weight excluding hydrogens is 198 g/mol. The third kappa shape index (κ3) is 2.01. The summed E-state index contributed by atoms with van der Waals surface area (Å²) < 4.78 is 0. The number of aromatic nitrogens is 2. The molecule has 0 saturated carbocycles. The van der Waals surface area contributed by atoms with E-state index in [4.69, 9.17) is 0 Å². The minimum Gasteiger partial charge on any atom is -0.317 e. The molecule has 0 bridgehead atoms. The number of fused-ring (bicyclic) bond motifs is 1. The van der Waals surface area contributed by atoms with Gasteiger partial charge in [-0.05, 0) is 69.5 Å². The van der Waals surface area contributed by atoms with E-state index in [0.29, 0.717) is 0 Å². The van der Waals surface area contributed by atoms with E-state index in [9.17, 15) is 0 Å². The Bertz CT molecular complexity index is 350. The fourth-order valence-electron chi connectivity index (χ4n) is 3.08. The van der Waals surface area contributed by atoms with Crippen LogP contribution in [0.4, 0.5) is 0 Å². The lowest BCUT2D eigenvalue weighted by atomic mass is 9.89. The molecule has 0 aromatic carbocycles. The second-order valence-corrected chi connectivity index (χ2v) is 5.23. The van der Waals surface area contributed by atoms with Crippen LogP contribution in [0.2, 0.25) is 0 Å². The van der Waals surface area contributed by atoms with Gasteiger partial charge in [-0.3, -0.25) is 5.10 Å². The zero-order valence-corrected chi connectivity index (χ0v) is 9.89. The van der Waals surface area contributed by atoms with Crippen LogP contribution >= 0.6 is 0 Å². The molecule has 1 aromatic heterocycles. The topological polar surface area (TPSA) is 40.7 Å². The second kappa shape index (κ2) is 4.58. The van der Waals surface area contributed by atoms with Crippen molar-refractivity contribution in [3.63, 3.8) is 0 Å². The van der Waals surface area contributed by atoms with Crippen LogP contribution in [0.25, 0.3) is 0 Å². The largest absolute Gasteiger partial charge is 0.317 e. The Morgan fingerprint density at radius 2 is 1.94 bits per heavy atom. The van der Waals surface area contributed by atoms with E-state index in [-0.39, 0.29) is 0 Å². The quantitative estimate of drug-likeness (QED) is 0.796. The van der Waals surface area contributed by atoms with E-state index in [1.165, 1.54) is 69.4 Å². The van der Waals surface area contributed by atoms with Crippen molar-refractivity contribution in [2.45, 2.75) is 44.9 Å². The van der Waals surface area contributed by atoms with Gasteiger partial charge < -0.3 is 5.32 Å². The average molecular weight is 219 g/mol. The van der Waals surface area contributed by atoms with Crippen molar-refractivity contribution in [2.24, 2.45) is 5.92 Å². The lowest BCUT2D eigenvalue weighted by molar-refractivity contribution is 0.369. The molecule has 16 heavy (non-hydrogen) atoms. The molecule has 2 aliphatic rings. The summed E-state index contributed by atoms with van der Waals surface area (Å²) in [7, 11) is 0. The number of piperidine rings is 1. The van der Waals surface area contributed by atoms with Crippen LogP contribution in [0.3, 0.4) is 0 Å². The molecule has 88 valence electrons. The number of rotatable bonds is 2. The van der Waals surface area contributed by atoms with Crippen LogP contribution in [0, 0.1) is 5.92 Å². The van der Waals surface area contributed by atoms with Crippen LogP contribution in [0.1, 0.15) is 42.6 Å². The Labute approximate surface area is 97.0 Å². The molecule has 1 aromatic rings. The second-order valence-electron chi connectivity index (χ2n) is 5.23. The van der Waals surface area contributed by atoms with Crippen LogP contribution in [0.15, 0.2) is 0 Å². The summed E-state index contributed by atoms with van der Waals surface area (Å²) in [5.41, 5.74) is 4.36. The van der Waals surface area contributed by atoms with Crippen molar-refractivity contribution in [3.05, 3.63) is 17.0 Å². The predicted octanol–water partition coefficient (Wildman–Crippen LogP) is 1.83. The van der Waals surface area contributed by atoms with Gasteiger partial charge in [0.2, 0.25) is 0 Å². The molecule has 1 saturated heterocycles. The van der Waals surface area contributed by atoms with Crippen LogP contribution in [-0.2, 0) is 19.3 Å². The highest BCUT2D eigenvalue weighted by atomic mass is 15.1. The summed E-state index contributed by atoms with van der Waals surface area (Å²) in [4.78, 5) is 0. The van der Waals surface area contributed by atoms with E-state index >= 15 is 0 Å². The summed E-state index contributed by atoms with van der Waals surface area (Å²) >= 11 is 0. The van der Waals surface area contributed by atoms with E-state index in [2.05, 4.69) is 15.5 Å². The summed E-state index contributed by atoms with van der Waals surface area (Å²) in [6.07, 6.45) is 9.01. The number of H-pyrrole nitrogens is 1. The average Bonchev–Trinajstić information content (AvgIpc) is 2.74. The maximum Gasteiger partial charge on any atom is 0.0659 e. The van der Waals surface area contributed by atoms with Gasteiger partial charge in [0.15, 0.2) is 0 Å². The van der Waals surface area contributed by atoms with Crippen molar-refractivity contribution in [2.75, 3.05) is 13.1 Å². The van der Waals surface area contributed by atoms with E-state index in [0.717, 1.165) is 5.92 Å². The molecule has 0 unspecified atom stereocenters. The summed E-state index contributed by atoms with van der Waals surface area (Å²) in [5, 5.41) is 11.2. The first kappa shape index (κ1) is 10.3. The van der Waals surface area contributed by atoms with E-state index in [1.807, 2.05) is 0 Å². The van der Waals surface area contributed by atoms with Gasteiger partial charge in [-0.1, -0.05) is 0 Å². The molecule has 0 atom stereocenters. The minimum absolute atomic E-state index is 0.857. The highest BCUT2D eigenvalue weighted by Gasteiger charge is 2.20. The number of nitrogens with zero attached hydrogens (tertiary/aromatic N) is 1. The molecule has 1 aliphatic heterocycles. The Balaban J connectivity index is 1.71. The van der Waals surface area contributed by atoms with Crippen molar-refractivity contribution in [1.82, 2.24) is 15.5 Å². The monoisotopic (exact) mass is 219 g/mol. The summed E-state index contributed by atoms with van der Waals surface area (Å²) in [6, 6.07) is 0. The highest BCUT2D eigenvalue weighted by Crippen LogP contribution is 2.25. The number of hydrogen-bond acceptors (Lipinski definition) is 2. The van der Waals surface area contributed by atoms with Crippen LogP contribution in [-0.4, -0.2) is 23.3 Å². The number of nitrogens with one attached hydrogen (secondary N) is 2. The summed E-state index contributed by atoms with van der Waals surface area (Å²) in [6.45, 7) is 2.38. The lowest BCUT2D eigenvalue weighted by Crippen LogP contribution is -2.28. The van der Waals surface area contributed by atoms with Gasteiger partial charge in [0.05, 0.1) is 5.69 Å². The molecule has 3 nitrogen and oxygen atoms in total. The van der Waals surface area contributed by atoms with Crippen molar-refractivity contribution < 1.29 is 0 Å². The molecule has 3 rings (SSSR count). The normalized spacial score (nSPS) is 22.0. The SMILES string of the molecule is C1CCc2c(CC3CCNCC3)n[nH]c2C1. The Morgan fingerprint density at radius 1 is 1.12 bits per heavy atom. The van der Waals surface area contributed by atoms with E-state index in [1.54, 1.807) is 5.56 Å². The number of aromatic amines is 1. The molecule has 2 heterocycles. The zero-order chi connectivity index (χ0) is 10.8. The number of aryl methyl sites for hydroxylation is 1. The van der Waals surface area contributed by atoms with Gasteiger partial charge in [0.1, 0.15) is 0 Å². The fraction of sp³-hybridized carbons (Fsp3) is 0.769. The molecule has 1 fully saturated rings. The first-order chi connectivity index (χ1) is 7.93. The Kier molecular flexibility index (Phi) is 2.96. The van der Waals surface area contributed by atoms with Gasteiger partial charge in [0, 0.05) is 5.69 Å². The molecule has 0 radical (unpaired) electrons. The first-order valence-corrected chi connectivity index (χ1v) is 6.69. The van der Waals surface area contributed by atoms with Gasteiger partial charge in [-0.15, -0.1) is 0 Å². The minimum atomic E-state index is 0.857. The van der Waals surface area contributed by atoms with Gasteiger partial charge >= 0.3 is 0 Å². The molecule has 0 amide bonds. The van der Waals surface area contributed by atoms with Crippen LogP contribution < -0.4 is 5.32 Å². The van der Waals surface area contributed by atoms with Gasteiger partial charge in [0.25, 0.3) is 0 Å².